The molecule has 0 bridgehead atoms. The van der Waals surface area contributed by atoms with Crippen LogP contribution in [-0.2, 0) is 14.4 Å². The number of ether oxygens (including phenoxy) is 4. The van der Waals surface area contributed by atoms with E-state index in [-0.39, 0.29) is 17.3 Å². The Bertz CT molecular complexity index is 1540. The third kappa shape index (κ3) is 24.1. The molecule has 316 valence electrons. The van der Waals surface area contributed by atoms with Crippen LogP contribution in [0.1, 0.15) is 179 Å². The van der Waals surface area contributed by atoms with E-state index in [0.29, 0.717) is 35.5 Å². The van der Waals surface area contributed by atoms with E-state index in [4.69, 9.17) is 18.9 Å². The Morgan fingerprint density at radius 3 is 1.12 bits per heavy atom. The third-order valence-electron chi connectivity index (χ3n) is 9.85. The Balaban J connectivity index is 1.73. The highest BCUT2D eigenvalue weighted by atomic mass is 16.6. The molecule has 0 unspecified atom stereocenters. The Morgan fingerprint density at radius 2 is 0.793 bits per heavy atom. The molecule has 0 spiro atoms. The van der Waals surface area contributed by atoms with Gasteiger partial charge in [0.1, 0.15) is 0 Å². The van der Waals surface area contributed by atoms with E-state index in [9.17, 15) is 14.4 Å². The Morgan fingerprint density at radius 1 is 0.466 bits per heavy atom. The lowest BCUT2D eigenvalue weighted by molar-refractivity contribution is -0.129. The van der Waals surface area contributed by atoms with E-state index in [1.54, 1.807) is 48.6 Å². The predicted octanol–water partition coefficient (Wildman–Crippen LogP) is 13.2. The molecule has 2 aromatic carbocycles. The largest absolute Gasteiger partial charge is 0.493 e. The van der Waals surface area contributed by atoms with Gasteiger partial charge in [-0.15, -0.1) is 0 Å². The van der Waals surface area contributed by atoms with E-state index in [1.165, 1.54) is 142 Å². The highest BCUT2D eigenvalue weighted by Crippen LogP contribution is 2.30. The lowest BCUT2D eigenvalue weighted by atomic mass is 10.1. The fourth-order valence-electron chi connectivity index (χ4n) is 6.43. The van der Waals surface area contributed by atoms with Gasteiger partial charge in [-0.3, -0.25) is 4.79 Å². The summed E-state index contributed by atoms with van der Waals surface area (Å²) in [5.74, 6) is 10.7. The molecule has 0 fully saturated rings. The molecule has 7 heteroatoms. The summed E-state index contributed by atoms with van der Waals surface area (Å²) in [5.41, 5.74) is 1.38. The van der Waals surface area contributed by atoms with Crippen molar-refractivity contribution < 1.29 is 33.3 Å². The molecule has 0 saturated carbocycles. The first kappa shape index (κ1) is 49.4. The van der Waals surface area contributed by atoms with Crippen LogP contribution in [0.15, 0.2) is 48.6 Å². The monoisotopic (exact) mass is 795 g/mol. The molecule has 0 heterocycles. The number of carbonyl (C=O) groups excluding carboxylic acids is 3. The number of ketones is 1. The van der Waals surface area contributed by atoms with Crippen LogP contribution in [-0.4, -0.2) is 31.9 Å². The zero-order valence-electron chi connectivity index (χ0n) is 36.1. The van der Waals surface area contributed by atoms with Gasteiger partial charge < -0.3 is 18.9 Å². The van der Waals surface area contributed by atoms with Crippen LogP contribution in [0, 0.1) is 23.7 Å². The van der Waals surface area contributed by atoms with Crippen molar-refractivity contribution in [3.8, 4) is 46.7 Å². The molecule has 0 amide bonds. The van der Waals surface area contributed by atoms with E-state index in [0.717, 1.165) is 25.7 Å². The minimum absolute atomic E-state index is 0.245. The Labute approximate surface area is 350 Å². The van der Waals surface area contributed by atoms with E-state index >= 15 is 0 Å². The maximum atomic E-state index is 12.6. The van der Waals surface area contributed by atoms with E-state index in [1.807, 2.05) is 0 Å². The van der Waals surface area contributed by atoms with Gasteiger partial charge >= 0.3 is 11.9 Å². The van der Waals surface area contributed by atoms with Gasteiger partial charge in [-0.2, -0.15) is 0 Å². The van der Waals surface area contributed by atoms with Crippen LogP contribution < -0.4 is 18.9 Å². The molecule has 0 aliphatic heterocycles. The molecular weight excluding hydrogens is 725 g/mol. The number of benzene rings is 2. The highest BCUT2D eigenvalue weighted by Gasteiger charge is 2.10. The quantitative estimate of drug-likeness (QED) is 0.0194. The van der Waals surface area contributed by atoms with Crippen molar-refractivity contribution in [1.82, 2.24) is 0 Å². The van der Waals surface area contributed by atoms with Crippen molar-refractivity contribution >= 4 is 29.9 Å². The molecular formula is C51H70O7. The van der Waals surface area contributed by atoms with Gasteiger partial charge in [0, 0.05) is 24.7 Å². The summed E-state index contributed by atoms with van der Waals surface area (Å²) in [6, 6.07) is 10.1. The van der Waals surface area contributed by atoms with Crippen molar-refractivity contribution in [3.05, 3.63) is 59.7 Å². The average molecular weight is 795 g/mol. The SMILES string of the molecule is CCCCCCCCCCCCCC#CC(=O)Oc1ccc(/C=C/C(=O)/C=C/c2ccc(OC(=O)C#CCCCCCCCCCCCCC)c(OC)c2)cc1OC. The van der Waals surface area contributed by atoms with Gasteiger partial charge in [0.05, 0.1) is 14.2 Å². The summed E-state index contributed by atoms with van der Waals surface area (Å²) in [4.78, 5) is 37.3. The van der Waals surface area contributed by atoms with Crippen LogP contribution in [0.5, 0.6) is 23.0 Å². The molecule has 0 radical (unpaired) electrons. The third-order valence-corrected chi connectivity index (χ3v) is 9.85. The number of methoxy groups -OCH3 is 2. The normalized spacial score (nSPS) is 10.8. The first-order chi connectivity index (χ1) is 28.4. The molecule has 0 aliphatic carbocycles. The maximum absolute atomic E-state index is 12.6. The summed E-state index contributed by atoms with van der Waals surface area (Å²) < 4.78 is 21.7. The standard InChI is InChI=1S/C51H70O7/c1-5-7-9-11-13-15-17-19-21-23-25-27-29-31-50(53)57-46-39-35-43(41-48(46)55-3)33-37-45(52)38-34-44-36-40-47(49(42-44)56-4)58-51(54)32-30-28-26-24-22-20-18-16-14-12-10-8-6-2/h33-42H,5-28H2,1-4H3/b37-33+,38-34+. The lowest BCUT2D eigenvalue weighted by Crippen LogP contribution is -2.05. The Kier molecular flexibility index (Phi) is 28.3. The zero-order chi connectivity index (χ0) is 41.9. The van der Waals surface area contributed by atoms with E-state index < -0.39 is 11.9 Å². The van der Waals surface area contributed by atoms with Gasteiger partial charge in [0.25, 0.3) is 0 Å². The van der Waals surface area contributed by atoms with Gasteiger partial charge in [-0.25, -0.2) is 9.59 Å². The molecule has 2 aromatic rings. The minimum Gasteiger partial charge on any atom is -0.493 e. The molecule has 0 aromatic heterocycles. The number of hydrogen-bond donors (Lipinski definition) is 0. The number of unbranched alkanes of at least 4 members (excludes halogenated alkanes) is 22. The number of rotatable bonds is 30. The Hall–Kier alpha value is -4.75. The topological polar surface area (TPSA) is 88.1 Å². The second-order valence-electron chi connectivity index (χ2n) is 14.8. The first-order valence-corrected chi connectivity index (χ1v) is 22.1. The summed E-state index contributed by atoms with van der Waals surface area (Å²) >= 11 is 0. The van der Waals surface area contributed by atoms with Gasteiger partial charge in [0.2, 0.25) is 0 Å². The van der Waals surface area contributed by atoms with Crippen molar-refractivity contribution in [1.29, 1.82) is 0 Å². The number of esters is 2. The summed E-state index contributed by atoms with van der Waals surface area (Å²) in [7, 11) is 2.97. The van der Waals surface area contributed by atoms with Crippen LogP contribution in [0.4, 0.5) is 0 Å². The molecule has 0 atom stereocenters. The number of hydrogen-bond acceptors (Lipinski definition) is 7. The molecule has 0 N–H and O–H groups in total. The number of carbonyl (C=O) groups is 3. The number of allylic oxidation sites excluding steroid dienone is 2. The van der Waals surface area contributed by atoms with Crippen LogP contribution in [0.3, 0.4) is 0 Å². The van der Waals surface area contributed by atoms with Crippen LogP contribution in [0.2, 0.25) is 0 Å². The molecule has 0 aliphatic rings. The maximum Gasteiger partial charge on any atom is 0.389 e. The summed E-state index contributed by atoms with van der Waals surface area (Å²) in [6.45, 7) is 4.50. The minimum atomic E-state index is -0.633. The molecule has 7 nitrogen and oxygen atoms in total. The summed E-state index contributed by atoms with van der Waals surface area (Å²) in [5, 5.41) is 0. The molecule has 58 heavy (non-hydrogen) atoms. The second kappa shape index (κ2) is 33.2. The van der Waals surface area contributed by atoms with Crippen molar-refractivity contribution in [3.63, 3.8) is 0 Å². The van der Waals surface area contributed by atoms with Crippen LogP contribution >= 0.6 is 0 Å². The first-order valence-electron chi connectivity index (χ1n) is 22.1. The lowest BCUT2D eigenvalue weighted by Gasteiger charge is -2.08. The van der Waals surface area contributed by atoms with Gasteiger partial charge in [-0.1, -0.05) is 178 Å². The van der Waals surface area contributed by atoms with Crippen LogP contribution in [0.25, 0.3) is 12.2 Å². The van der Waals surface area contributed by atoms with Gasteiger partial charge in [0.15, 0.2) is 28.8 Å². The predicted molar refractivity (Wildman–Crippen MR) is 238 cm³/mol. The van der Waals surface area contributed by atoms with Gasteiger partial charge in [-0.05, 0) is 60.4 Å². The summed E-state index contributed by atoms with van der Waals surface area (Å²) in [6.07, 6.45) is 35.3. The van der Waals surface area contributed by atoms with Crippen molar-refractivity contribution in [2.24, 2.45) is 0 Å². The smallest absolute Gasteiger partial charge is 0.389 e. The fourth-order valence-corrected chi connectivity index (χ4v) is 6.43. The second-order valence-corrected chi connectivity index (χ2v) is 14.8. The highest BCUT2D eigenvalue weighted by molar-refractivity contribution is 6.04. The van der Waals surface area contributed by atoms with Crippen molar-refractivity contribution in [2.45, 2.75) is 168 Å². The molecule has 0 saturated heterocycles. The van der Waals surface area contributed by atoms with Crippen molar-refractivity contribution in [2.75, 3.05) is 14.2 Å². The average Bonchev–Trinajstić information content (AvgIpc) is 3.23. The fraction of sp³-hybridized carbons (Fsp3) is 0.549. The molecule has 2 rings (SSSR count). The van der Waals surface area contributed by atoms with E-state index in [2.05, 4.69) is 37.5 Å². The zero-order valence-corrected chi connectivity index (χ0v) is 36.1.